The smallest absolute Gasteiger partial charge is 0.0470 e. The van der Waals surface area contributed by atoms with Crippen molar-refractivity contribution >= 4 is 0 Å². The lowest BCUT2D eigenvalue weighted by Gasteiger charge is -2.38. The third kappa shape index (κ3) is 3.12. The van der Waals surface area contributed by atoms with E-state index in [4.69, 9.17) is 5.73 Å². The van der Waals surface area contributed by atoms with Crippen LogP contribution in [0.3, 0.4) is 0 Å². The molecule has 2 unspecified atom stereocenters. The van der Waals surface area contributed by atoms with Crippen molar-refractivity contribution in [1.82, 2.24) is 4.90 Å². The Morgan fingerprint density at radius 3 is 2.67 bits per heavy atom. The molecule has 1 aromatic carbocycles. The molecule has 2 heteroatoms. The molecular weight excluding hydrogens is 220 g/mol. The van der Waals surface area contributed by atoms with E-state index < -0.39 is 0 Å². The highest BCUT2D eigenvalue weighted by molar-refractivity contribution is 5.24. The van der Waals surface area contributed by atoms with Crippen LogP contribution in [0.15, 0.2) is 24.3 Å². The van der Waals surface area contributed by atoms with Gasteiger partial charge in [0, 0.05) is 19.1 Å². The summed E-state index contributed by atoms with van der Waals surface area (Å²) in [7, 11) is 0. The van der Waals surface area contributed by atoms with Gasteiger partial charge in [0.1, 0.15) is 0 Å². The zero-order chi connectivity index (χ0) is 13.0. The van der Waals surface area contributed by atoms with Gasteiger partial charge < -0.3 is 5.73 Å². The average molecular weight is 246 g/mol. The first kappa shape index (κ1) is 13.6. The molecule has 2 rings (SSSR count). The number of piperidine rings is 1. The monoisotopic (exact) mass is 246 g/mol. The number of rotatable bonds is 4. The molecule has 1 aromatic rings. The van der Waals surface area contributed by atoms with Crippen LogP contribution in [0, 0.1) is 12.8 Å². The van der Waals surface area contributed by atoms with Crippen LogP contribution in [0.4, 0.5) is 0 Å². The van der Waals surface area contributed by atoms with Crippen molar-refractivity contribution < 1.29 is 0 Å². The fraction of sp³-hybridized carbons (Fsp3) is 0.625. The molecule has 18 heavy (non-hydrogen) atoms. The Kier molecular flexibility index (Phi) is 4.79. The first-order valence-corrected chi connectivity index (χ1v) is 7.25. The highest BCUT2D eigenvalue weighted by Gasteiger charge is 2.25. The van der Waals surface area contributed by atoms with Crippen molar-refractivity contribution in [3.8, 4) is 0 Å². The van der Waals surface area contributed by atoms with E-state index in [1.54, 1.807) is 0 Å². The van der Waals surface area contributed by atoms with E-state index >= 15 is 0 Å². The largest absolute Gasteiger partial charge is 0.329 e. The molecule has 2 nitrogen and oxygen atoms in total. The van der Waals surface area contributed by atoms with Crippen molar-refractivity contribution in [2.24, 2.45) is 11.7 Å². The summed E-state index contributed by atoms with van der Waals surface area (Å²) in [5.41, 5.74) is 8.71. The molecule has 0 amide bonds. The molecule has 0 spiro atoms. The van der Waals surface area contributed by atoms with E-state index in [1.165, 1.54) is 43.5 Å². The summed E-state index contributed by atoms with van der Waals surface area (Å²) in [5, 5.41) is 0. The Hall–Kier alpha value is -0.860. The Balaban J connectivity index is 2.10. The first-order valence-electron chi connectivity index (χ1n) is 7.25. The topological polar surface area (TPSA) is 29.3 Å². The van der Waals surface area contributed by atoms with Gasteiger partial charge in [0.05, 0.1) is 0 Å². The molecule has 1 aliphatic rings. The summed E-state index contributed by atoms with van der Waals surface area (Å²) in [6.45, 7) is 7.57. The predicted octanol–water partition coefficient (Wildman–Crippen LogP) is 3.12. The maximum atomic E-state index is 6.02. The minimum absolute atomic E-state index is 0.403. The third-order valence-corrected chi connectivity index (χ3v) is 4.25. The lowest BCUT2D eigenvalue weighted by molar-refractivity contribution is 0.124. The fourth-order valence-corrected chi connectivity index (χ4v) is 3.00. The van der Waals surface area contributed by atoms with Gasteiger partial charge in [0.15, 0.2) is 0 Å². The molecule has 0 saturated carbocycles. The molecular formula is C16H26N2. The van der Waals surface area contributed by atoms with Crippen LogP contribution in [-0.4, -0.2) is 24.5 Å². The highest BCUT2D eigenvalue weighted by Crippen LogP contribution is 2.27. The number of aryl methyl sites for hydroxylation is 1. The van der Waals surface area contributed by atoms with Crippen LogP contribution in [-0.2, 0) is 0 Å². The quantitative estimate of drug-likeness (QED) is 0.884. The maximum absolute atomic E-state index is 6.02. The van der Waals surface area contributed by atoms with Gasteiger partial charge in [-0.25, -0.2) is 0 Å². The molecule has 0 bridgehead atoms. The van der Waals surface area contributed by atoms with E-state index in [0.29, 0.717) is 6.04 Å². The summed E-state index contributed by atoms with van der Waals surface area (Å²) in [5.74, 6) is 0.859. The number of benzene rings is 1. The summed E-state index contributed by atoms with van der Waals surface area (Å²) in [6, 6.07) is 9.27. The van der Waals surface area contributed by atoms with Gasteiger partial charge in [0.25, 0.3) is 0 Å². The molecule has 0 radical (unpaired) electrons. The SMILES string of the molecule is CCC1CCCN(C(CN)c2ccc(C)cc2)C1. The zero-order valence-corrected chi connectivity index (χ0v) is 11.7. The molecule has 1 heterocycles. The fourth-order valence-electron chi connectivity index (χ4n) is 3.00. The summed E-state index contributed by atoms with van der Waals surface area (Å²) >= 11 is 0. The Bertz CT molecular complexity index is 358. The molecule has 2 N–H and O–H groups in total. The number of nitrogens with zero attached hydrogens (tertiary/aromatic N) is 1. The highest BCUT2D eigenvalue weighted by atomic mass is 15.2. The van der Waals surface area contributed by atoms with Gasteiger partial charge in [-0.15, -0.1) is 0 Å². The molecule has 1 saturated heterocycles. The minimum Gasteiger partial charge on any atom is -0.329 e. The Morgan fingerprint density at radius 2 is 2.06 bits per heavy atom. The van der Waals surface area contributed by atoms with E-state index in [1.807, 2.05) is 0 Å². The van der Waals surface area contributed by atoms with Crippen LogP contribution in [0.1, 0.15) is 43.4 Å². The van der Waals surface area contributed by atoms with Crippen molar-refractivity contribution in [2.45, 2.75) is 39.2 Å². The zero-order valence-electron chi connectivity index (χ0n) is 11.7. The van der Waals surface area contributed by atoms with Gasteiger partial charge >= 0.3 is 0 Å². The van der Waals surface area contributed by atoms with Gasteiger partial charge in [-0.3, -0.25) is 4.90 Å². The standard InChI is InChI=1S/C16H26N2/c1-3-14-5-4-10-18(12-14)16(11-17)15-8-6-13(2)7-9-15/h6-9,14,16H,3-5,10-12,17H2,1-2H3. The number of hydrogen-bond acceptors (Lipinski definition) is 2. The van der Waals surface area contributed by atoms with Gasteiger partial charge in [-0.1, -0.05) is 43.2 Å². The molecule has 100 valence electrons. The summed E-state index contributed by atoms with van der Waals surface area (Å²) in [4.78, 5) is 2.59. The number of hydrogen-bond donors (Lipinski definition) is 1. The number of likely N-dealkylation sites (tertiary alicyclic amines) is 1. The Morgan fingerprint density at radius 1 is 1.33 bits per heavy atom. The van der Waals surface area contributed by atoms with Gasteiger partial charge in [-0.2, -0.15) is 0 Å². The van der Waals surface area contributed by atoms with Crippen LogP contribution in [0.25, 0.3) is 0 Å². The molecule has 0 aliphatic carbocycles. The van der Waals surface area contributed by atoms with E-state index in [9.17, 15) is 0 Å². The van der Waals surface area contributed by atoms with E-state index in [0.717, 1.165) is 12.5 Å². The van der Waals surface area contributed by atoms with Crippen LogP contribution >= 0.6 is 0 Å². The molecule has 0 aromatic heterocycles. The van der Waals surface area contributed by atoms with Crippen molar-refractivity contribution in [2.75, 3.05) is 19.6 Å². The predicted molar refractivity (Wildman–Crippen MR) is 77.6 cm³/mol. The lowest BCUT2D eigenvalue weighted by Crippen LogP contribution is -2.40. The Labute approximate surface area is 111 Å². The summed E-state index contributed by atoms with van der Waals surface area (Å²) in [6.07, 6.45) is 4.00. The van der Waals surface area contributed by atoms with Crippen LogP contribution in [0.2, 0.25) is 0 Å². The summed E-state index contributed by atoms with van der Waals surface area (Å²) < 4.78 is 0. The number of nitrogens with two attached hydrogens (primary N) is 1. The van der Waals surface area contributed by atoms with E-state index in [-0.39, 0.29) is 0 Å². The minimum atomic E-state index is 0.403. The van der Waals surface area contributed by atoms with Gasteiger partial charge in [0.2, 0.25) is 0 Å². The molecule has 1 fully saturated rings. The molecule has 2 atom stereocenters. The van der Waals surface area contributed by atoms with Crippen LogP contribution < -0.4 is 5.73 Å². The third-order valence-electron chi connectivity index (χ3n) is 4.25. The normalized spacial score (nSPS) is 22.9. The van der Waals surface area contributed by atoms with Crippen LogP contribution in [0.5, 0.6) is 0 Å². The van der Waals surface area contributed by atoms with E-state index in [2.05, 4.69) is 43.0 Å². The van der Waals surface area contributed by atoms with Crippen molar-refractivity contribution in [1.29, 1.82) is 0 Å². The maximum Gasteiger partial charge on any atom is 0.0470 e. The average Bonchev–Trinajstić information content (AvgIpc) is 2.42. The van der Waals surface area contributed by atoms with Gasteiger partial charge in [-0.05, 0) is 37.8 Å². The van der Waals surface area contributed by atoms with Crippen molar-refractivity contribution in [3.63, 3.8) is 0 Å². The second-order valence-corrected chi connectivity index (χ2v) is 5.57. The second-order valence-electron chi connectivity index (χ2n) is 5.57. The molecule has 1 aliphatic heterocycles. The first-order chi connectivity index (χ1) is 8.74. The second kappa shape index (κ2) is 6.35. The lowest BCUT2D eigenvalue weighted by atomic mass is 9.93. The van der Waals surface area contributed by atoms with Crippen molar-refractivity contribution in [3.05, 3.63) is 35.4 Å².